The molecule has 0 spiro atoms. The molecule has 0 saturated carbocycles. The smallest absolute Gasteiger partial charge is 0.0543 e. The first kappa shape index (κ1) is 33.8. The van der Waals surface area contributed by atoms with Crippen LogP contribution in [0.5, 0.6) is 0 Å². The van der Waals surface area contributed by atoms with E-state index in [1.165, 1.54) is 129 Å². The topological polar surface area (TPSA) is 3.24 Å². The Labute approximate surface area is 291 Å². The van der Waals surface area contributed by atoms with Crippen LogP contribution in [0.4, 0.5) is 17.1 Å². The molecule has 6 rings (SSSR count). The van der Waals surface area contributed by atoms with Crippen molar-refractivity contribution in [3.63, 3.8) is 0 Å². The van der Waals surface area contributed by atoms with Gasteiger partial charge in [0, 0.05) is 22.4 Å². The summed E-state index contributed by atoms with van der Waals surface area (Å²) in [7, 11) is 0. The lowest BCUT2D eigenvalue weighted by atomic mass is 9.70. The van der Waals surface area contributed by atoms with Crippen molar-refractivity contribution in [1.82, 2.24) is 0 Å². The summed E-state index contributed by atoms with van der Waals surface area (Å²) >= 11 is 0. The van der Waals surface area contributed by atoms with Gasteiger partial charge in [-0.3, -0.25) is 0 Å². The molecule has 0 unspecified atom stereocenters. The molecule has 0 amide bonds. The molecule has 1 heteroatoms. The van der Waals surface area contributed by atoms with Crippen LogP contribution in [0.25, 0.3) is 22.3 Å². The van der Waals surface area contributed by atoms with Crippen LogP contribution in [0.3, 0.4) is 0 Å². The third-order valence-electron chi connectivity index (χ3n) is 10.7. The predicted molar refractivity (Wildman–Crippen MR) is 209 cm³/mol. The molecule has 0 radical (unpaired) electrons. The standard InChI is InChI=1S/C47H55N/c1-3-5-7-9-11-21-36-47(37-22-12-10-8-6-4-2)43-29-20-19-28-42(43)46-44(47)30-23-31-45(46)48(40-26-17-14-18-27-40)41-34-32-39(33-35-41)38-24-15-13-16-25-38/h13-20,23-35H,3-12,21-22,36-37H2,1-2H3. The molecule has 0 heterocycles. The quantitative estimate of drug-likeness (QED) is 0.0868. The zero-order valence-electron chi connectivity index (χ0n) is 29.5. The van der Waals surface area contributed by atoms with E-state index in [1.807, 2.05) is 0 Å². The Hall–Kier alpha value is -4.10. The summed E-state index contributed by atoms with van der Waals surface area (Å²) in [6.07, 6.45) is 18.5. The number of nitrogens with zero attached hydrogens (tertiary/aromatic N) is 1. The number of benzene rings is 5. The maximum absolute atomic E-state index is 2.50. The van der Waals surface area contributed by atoms with Gasteiger partial charge in [0.1, 0.15) is 0 Å². The number of fused-ring (bicyclic) bond motifs is 3. The highest BCUT2D eigenvalue weighted by molar-refractivity contribution is 5.95. The van der Waals surface area contributed by atoms with Gasteiger partial charge in [-0.1, -0.05) is 188 Å². The molecule has 0 N–H and O–H groups in total. The van der Waals surface area contributed by atoms with E-state index in [1.54, 1.807) is 11.1 Å². The first-order valence-corrected chi connectivity index (χ1v) is 19.0. The van der Waals surface area contributed by atoms with Crippen LogP contribution >= 0.6 is 0 Å². The molecule has 48 heavy (non-hydrogen) atoms. The van der Waals surface area contributed by atoms with Gasteiger partial charge < -0.3 is 4.90 Å². The number of rotatable bonds is 18. The van der Waals surface area contributed by atoms with E-state index in [0.717, 1.165) is 0 Å². The van der Waals surface area contributed by atoms with E-state index >= 15 is 0 Å². The minimum absolute atomic E-state index is 0.0664. The Kier molecular flexibility index (Phi) is 11.8. The van der Waals surface area contributed by atoms with Gasteiger partial charge in [0.15, 0.2) is 0 Å². The third kappa shape index (κ3) is 7.46. The maximum atomic E-state index is 2.50. The second-order valence-electron chi connectivity index (χ2n) is 13.9. The third-order valence-corrected chi connectivity index (χ3v) is 10.7. The molecule has 5 aromatic rings. The van der Waals surface area contributed by atoms with Crippen LogP contribution in [-0.2, 0) is 5.41 Å². The maximum Gasteiger partial charge on any atom is 0.0543 e. The van der Waals surface area contributed by atoms with Gasteiger partial charge in [-0.15, -0.1) is 0 Å². The molecule has 0 aliphatic heterocycles. The largest absolute Gasteiger partial charge is 0.310 e. The van der Waals surface area contributed by atoms with Crippen molar-refractivity contribution in [1.29, 1.82) is 0 Å². The monoisotopic (exact) mass is 633 g/mol. The van der Waals surface area contributed by atoms with Crippen molar-refractivity contribution in [3.8, 4) is 22.3 Å². The first-order chi connectivity index (χ1) is 23.8. The molecule has 1 nitrogen and oxygen atoms in total. The average Bonchev–Trinajstić information content (AvgIpc) is 3.42. The summed E-state index contributed by atoms with van der Waals surface area (Å²) < 4.78 is 0. The summed E-state index contributed by atoms with van der Waals surface area (Å²) in [4.78, 5) is 2.50. The van der Waals surface area contributed by atoms with Crippen molar-refractivity contribution in [3.05, 3.63) is 139 Å². The van der Waals surface area contributed by atoms with Gasteiger partial charge in [0.2, 0.25) is 0 Å². The molecule has 1 aliphatic rings. The minimum atomic E-state index is 0.0664. The fourth-order valence-electron chi connectivity index (χ4n) is 8.19. The normalized spacial score (nSPS) is 12.9. The zero-order valence-corrected chi connectivity index (χ0v) is 29.5. The van der Waals surface area contributed by atoms with Gasteiger partial charge in [0.05, 0.1) is 5.69 Å². The van der Waals surface area contributed by atoms with Gasteiger partial charge in [-0.2, -0.15) is 0 Å². The van der Waals surface area contributed by atoms with Gasteiger partial charge in [-0.25, -0.2) is 0 Å². The Morgan fingerprint density at radius 3 is 1.56 bits per heavy atom. The highest BCUT2D eigenvalue weighted by Crippen LogP contribution is 2.58. The number of hydrogen-bond donors (Lipinski definition) is 0. The molecule has 0 fully saturated rings. The number of para-hydroxylation sites is 1. The minimum Gasteiger partial charge on any atom is -0.310 e. The molecule has 0 saturated heterocycles. The van der Waals surface area contributed by atoms with Crippen molar-refractivity contribution in [2.75, 3.05) is 4.90 Å². The summed E-state index contributed by atoms with van der Waals surface area (Å²) in [6, 6.07) is 47.4. The second kappa shape index (κ2) is 16.8. The molecule has 0 aromatic heterocycles. The van der Waals surface area contributed by atoms with Gasteiger partial charge in [-0.05, 0) is 71.0 Å². The molecular weight excluding hydrogens is 579 g/mol. The van der Waals surface area contributed by atoms with Crippen molar-refractivity contribution < 1.29 is 0 Å². The number of anilines is 3. The molecule has 248 valence electrons. The number of hydrogen-bond acceptors (Lipinski definition) is 1. The SMILES string of the molecule is CCCCCCCCC1(CCCCCCCC)c2ccccc2-c2c(N(c3ccccc3)c3ccc(-c4ccccc4)cc3)cccc21. The Balaban J connectivity index is 1.42. The van der Waals surface area contributed by atoms with E-state index < -0.39 is 0 Å². The van der Waals surface area contributed by atoms with Crippen molar-refractivity contribution >= 4 is 17.1 Å². The van der Waals surface area contributed by atoms with Crippen LogP contribution in [0.1, 0.15) is 115 Å². The summed E-state index contributed by atoms with van der Waals surface area (Å²) in [5.41, 5.74) is 12.2. The van der Waals surface area contributed by atoms with Crippen LogP contribution in [0, 0.1) is 0 Å². The Morgan fingerprint density at radius 2 is 0.917 bits per heavy atom. The lowest BCUT2D eigenvalue weighted by Crippen LogP contribution is -2.25. The Bertz CT molecular complexity index is 1670. The first-order valence-electron chi connectivity index (χ1n) is 19.0. The number of unbranched alkanes of at least 4 members (excludes halogenated alkanes) is 10. The molecular formula is C47H55N. The van der Waals surface area contributed by atoms with Crippen molar-refractivity contribution in [2.24, 2.45) is 0 Å². The molecule has 1 aliphatic carbocycles. The van der Waals surface area contributed by atoms with Crippen LogP contribution in [0.2, 0.25) is 0 Å². The van der Waals surface area contributed by atoms with Crippen molar-refractivity contribution in [2.45, 2.75) is 109 Å². The Morgan fingerprint density at radius 1 is 0.417 bits per heavy atom. The summed E-state index contributed by atoms with van der Waals surface area (Å²) in [5.74, 6) is 0. The molecule has 0 bridgehead atoms. The van der Waals surface area contributed by atoms with Gasteiger partial charge in [0.25, 0.3) is 0 Å². The highest BCUT2D eigenvalue weighted by Gasteiger charge is 2.43. The van der Waals surface area contributed by atoms with Gasteiger partial charge >= 0.3 is 0 Å². The summed E-state index contributed by atoms with van der Waals surface area (Å²) in [5, 5.41) is 0. The van der Waals surface area contributed by atoms with E-state index in [4.69, 9.17) is 0 Å². The lowest BCUT2D eigenvalue weighted by molar-refractivity contribution is 0.398. The van der Waals surface area contributed by atoms with Crippen LogP contribution in [0.15, 0.2) is 127 Å². The summed E-state index contributed by atoms with van der Waals surface area (Å²) in [6.45, 7) is 4.63. The van der Waals surface area contributed by atoms with E-state index in [9.17, 15) is 0 Å². The van der Waals surface area contributed by atoms with Crippen LogP contribution in [-0.4, -0.2) is 0 Å². The average molecular weight is 634 g/mol. The molecule has 5 aromatic carbocycles. The second-order valence-corrected chi connectivity index (χ2v) is 13.9. The van der Waals surface area contributed by atoms with E-state index in [-0.39, 0.29) is 5.41 Å². The van der Waals surface area contributed by atoms with E-state index in [2.05, 4.69) is 146 Å². The fourth-order valence-corrected chi connectivity index (χ4v) is 8.19. The van der Waals surface area contributed by atoms with E-state index in [0.29, 0.717) is 0 Å². The zero-order chi connectivity index (χ0) is 33.0. The van der Waals surface area contributed by atoms with Crippen LogP contribution < -0.4 is 4.90 Å². The lowest BCUT2D eigenvalue weighted by Gasteiger charge is -2.34. The highest BCUT2D eigenvalue weighted by atomic mass is 15.1. The molecule has 0 atom stereocenters. The fraction of sp³-hybridized carbons (Fsp3) is 0.362. The predicted octanol–water partition coefficient (Wildman–Crippen LogP) is 14.6.